The van der Waals surface area contributed by atoms with Crippen molar-refractivity contribution in [1.82, 2.24) is 0 Å². The van der Waals surface area contributed by atoms with Crippen LogP contribution in [0.1, 0.15) is 143 Å². The molecular formula is C48H43N3O4. The highest BCUT2D eigenvalue weighted by Crippen LogP contribution is 2.50. The van der Waals surface area contributed by atoms with Crippen LogP contribution < -0.4 is 15.5 Å². The van der Waals surface area contributed by atoms with E-state index in [0.29, 0.717) is 55.5 Å². The van der Waals surface area contributed by atoms with E-state index in [2.05, 4.69) is 55.4 Å². The Morgan fingerprint density at radius 1 is 0.400 bits per heavy atom. The molecule has 0 saturated heterocycles. The molecule has 7 heteroatoms. The Balaban J connectivity index is 1.30. The van der Waals surface area contributed by atoms with Crippen LogP contribution in [0.4, 0.5) is 17.1 Å². The fourth-order valence-electron chi connectivity index (χ4n) is 9.34. The number of carbonyl (C=O) groups is 4. The molecule has 7 aromatic rings. The molecule has 0 saturated carbocycles. The molecule has 0 atom stereocenters. The third-order valence-electron chi connectivity index (χ3n) is 11.9. The molecule has 274 valence electrons. The van der Waals surface area contributed by atoms with Crippen LogP contribution in [-0.2, 0) is 0 Å². The second-order valence-electron chi connectivity index (χ2n) is 16.5. The maximum atomic E-state index is 14.7. The van der Waals surface area contributed by atoms with Gasteiger partial charge in [-0.05, 0) is 91.7 Å². The van der Waals surface area contributed by atoms with E-state index in [1.807, 2.05) is 66.7 Å². The van der Waals surface area contributed by atoms with Gasteiger partial charge in [0.25, 0.3) is 23.6 Å². The quantitative estimate of drug-likeness (QED) is 0.0796. The zero-order valence-electron chi connectivity index (χ0n) is 32.4. The van der Waals surface area contributed by atoms with Crippen molar-refractivity contribution >= 4 is 83.8 Å². The summed E-state index contributed by atoms with van der Waals surface area (Å²) in [6.07, 6.45) is 0. The standard InChI is InChI=1S/C48H43N3O4/c1-22(2)26-11-9-12-27(23(3)4)43(26)50-45(52)33-18-15-30-31-16-19-35-40-36(21-37(49)41(42(31)40)32-17-20-34(46(50)53)39(33)38(30)32)48(55)51(47(35)54)44-28(24(5)6)13-10-14-29(44)25(7)8/h9-25H,49H2,1-8H3. The van der Waals surface area contributed by atoms with E-state index in [-0.39, 0.29) is 41.4 Å². The lowest BCUT2D eigenvalue weighted by molar-refractivity contribution is 0.0877. The van der Waals surface area contributed by atoms with Gasteiger partial charge in [0.1, 0.15) is 0 Å². The Morgan fingerprint density at radius 3 is 1.15 bits per heavy atom. The monoisotopic (exact) mass is 725 g/mol. The minimum absolute atomic E-state index is 0.0720. The maximum absolute atomic E-state index is 14.7. The predicted octanol–water partition coefficient (Wildman–Crippen LogP) is 11.4. The van der Waals surface area contributed by atoms with Crippen LogP contribution in [-0.4, -0.2) is 23.6 Å². The lowest BCUT2D eigenvalue weighted by Gasteiger charge is -2.34. The van der Waals surface area contributed by atoms with Crippen molar-refractivity contribution in [3.63, 3.8) is 0 Å². The van der Waals surface area contributed by atoms with Crippen molar-refractivity contribution in [2.24, 2.45) is 0 Å². The first-order valence-corrected chi connectivity index (χ1v) is 19.3. The van der Waals surface area contributed by atoms with Crippen LogP contribution in [0.25, 0.3) is 43.1 Å². The number of rotatable bonds is 6. The predicted molar refractivity (Wildman–Crippen MR) is 224 cm³/mol. The van der Waals surface area contributed by atoms with Crippen LogP contribution in [0.15, 0.2) is 78.9 Å². The van der Waals surface area contributed by atoms with Crippen molar-refractivity contribution in [1.29, 1.82) is 0 Å². The van der Waals surface area contributed by atoms with Gasteiger partial charge in [-0.1, -0.05) is 110 Å². The smallest absolute Gasteiger partial charge is 0.266 e. The van der Waals surface area contributed by atoms with E-state index >= 15 is 0 Å². The van der Waals surface area contributed by atoms with E-state index in [9.17, 15) is 19.2 Å². The Labute approximate surface area is 320 Å². The van der Waals surface area contributed by atoms with Gasteiger partial charge < -0.3 is 5.73 Å². The van der Waals surface area contributed by atoms with Gasteiger partial charge in [-0.15, -0.1) is 0 Å². The molecule has 2 heterocycles. The molecule has 2 N–H and O–H groups in total. The molecule has 0 fully saturated rings. The van der Waals surface area contributed by atoms with E-state index in [0.717, 1.165) is 49.2 Å². The molecule has 9 rings (SSSR count). The molecule has 0 bridgehead atoms. The number of hydrogen-bond acceptors (Lipinski definition) is 5. The molecular weight excluding hydrogens is 683 g/mol. The van der Waals surface area contributed by atoms with Gasteiger partial charge in [0.15, 0.2) is 0 Å². The van der Waals surface area contributed by atoms with Crippen molar-refractivity contribution in [2.75, 3.05) is 15.5 Å². The van der Waals surface area contributed by atoms with Crippen LogP contribution in [0, 0.1) is 0 Å². The number of para-hydroxylation sites is 2. The van der Waals surface area contributed by atoms with Crippen molar-refractivity contribution in [2.45, 2.75) is 79.1 Å². The molecule has 2 aliphatic rings. The van der Waals surface area contributed by atoms with E-state index in [1.54, 1.807) is 12.1 Å². The van der Waals surface area contributed by atoms with Crippen LogP contribution >= 0.6 is 0 Å². The second-order valence-corrected chi connectivity index (χ2v) is 16.5. The summed E-state index contributed by atoms with van der Waals surface area (Å²) in [6, 6.07) is 24.9. The molecule has 0 unspecified atom stereocenters. The molecule has 7 nitrogen and oxygen atoms in total. The number of benzene rings is 7. The number of hydrogen-bond donors (Lipinski definition) is 1. The van der Waals surface area contributed by atoms with Gasteiger partial charge >= 0.3 is 0 Å². The first-order chi connectivity index (χ1) is 26.2. The molecule has 0 aliphatic carbocycles. The first kappa shape index (κ1) is 34.7. The Bertz CT molecular complexity index is 2810. The van der Waals surface area contributed by atoms with Crippen LogP contribution in [0.3, 0.4) is 0 Å². The minimum atomic E-state index is -0.405. The Hall–Kier alpha value is -6.08. The summed E-state index contributed by atoms with van der Waals surface area (Å²) in [5.41, 5.74) is 14.1. The van der Waals surface area contributed by atoms with Crippen LogP contribution in [0.5, 0.6) is 0 Å². The number of carbonyl (C=O) groups excluding carboxylic acids is 4. The lowest BCUT2D eigenvalue weighted by atomic mass is 9.81. The number of imide groups is 2. The molecule has 0 radical (unpaired) electrons. The average Bonchev–Trinajstić information content (AvgIpc) is 3.15. The minimum Gasteiger partial charge on any atom is -0.398 e. The fourth-order valence-corrected chi connectivity index (χ4v) is 9.34. The molecule has 0 spiro atoms. The van der Waals surface area contributed by atoms with Crippen molar-refractivity contribution < 1.29 is 19.2 Å². The normalized spacial score (nSPS) is 14.6. The highest BCUT2D eigenvalue weighted by molar-refractivity contribution is 6.46. The van der Waals surface area contributed by atoms with Gasteiger partial charge in [-0.3, -0.25) is 19.2 Å². The lowest BCUT2D eigenvalue weighted by Crippen LogP contribution is -2.42. The summed E-state index contributed by atoms with van der Waals surface area (Å²) < 4.78 is 0. The van der Waals surface area contributed by atoms with Gasteiger partial charge in [0, 0.05) is 43.9 Å². The van der Waals surface area contributed by atoms with Crippen molar-refractivity contribution in [3.8, 4) is 0 Å². The Kier molecular flexibility index (Phi) is 7.54. The summed E-state index contributed by atoms with van der Waals surface area (Å²) in [6.45, 7) is 16.6. The largest absolute Gasteiger partial charge is 0.398 e. The number of nitrogen functional groups attached to an aromatic ring is 1. The van der Waals surface area contributed by atoms with E-state index in [1.165, 1.54) is 9.80 Å². The van der Waals surface area contributed by atoms with Gasteiger partial charge in [-0.2, -0.15) is 0 Å². The number of nitrogens with zero attached hydrogens (tertiary/aromatic N) is 2. The topological polar surface area (TPSA) is 101 Å². The summed E-state index contributed by atoms with van der Waals surface area (Å²) in [5.74, 6) is -1.19. The molecule has 7 aromatic carbocycles. The average molecular weight is 726 g/mol. The molecule has 55 heavy (non-hydrogen) atoms. The molecule has 2 aliphatic heterocycles. The third-order valence-corrected chi connectivity index (χ3v) is 11.9. The molecule has 0 aromatic heterocycles. The van der Waals surface area contributed by atoms with E-state index in [4.69, 9.17) is 5.73 Å². The van der Waals surface area contributed by atoms with E-state index < -0.39 is 5.91 Å². The SMILES string of the molecule is CC(C)c1cccc(C(C)C)c1N1C(=O)c2ccc3c4ccc5c6c(cc(N)c(c7ccc(c2c37)C1=O)c64)C(=O)N(c1c(C(C)C)cccc1C(C)C)C5=O. The van der Waals surface area contributed by atoms with Crippen molar-refractivity contribution in [3.05, 3.63) is 123 Å². The number of amides is 4. The highest BCUT2D eigenvalue weighted by Gasteiger charge is 2.41. The fraction of sp³-hybridized carbons (Fsp3) is 0.250. The third kappa shape index (κ3) is 4.56. The summed E-state index contributed by atoms with van der Waals surface area (Å²) >= 11 is 0. The van der Waals surface area contributed by atoms with Gasteiger partial charge in [-0.25, -0.2) is 9.80 Å². The first-order valence-electron chi connectivity index (χ1n) is 19.3. The zero-order valence-corrected chi connectivity index (χ0v) is 32.4. The number of anilines is 3. The molecule has 4 amide bonds. The Morgan fingerprint density at radius 2 is 0.745 bits per heavy atom. The number of nitrogens with two attached hydrogens (primary N) is 1. The van der Waals surface area contributed by atoms with Gasteiger partial charge in [0.2, 0.25) is 0 Å². The number of fused-ring (bicyclic) bond motifs is 2. The highest BCUT2D eigenvalue weighted by atomic mass is 16.2. The maximum Gasteiger partial charge on any atom is 0.266 e. The summed E-state index contributed by atoms with van der Waals surface area (Å²) in [7, 11) is 0. The summed E-state index contributed by atoms with van der Waals surface area (Å²) in [4.78, 5) is 61.5. The second kappa shape index (κ2) is 12.0. The van der Waals surface area contributed by atoms with Crippen LogP contribution in [0.2, 0.25) is 0 Å². The zero-order chi connectivity index (χ0) is 38.9. The van der Waals surface area contributed by atoms with Gasteiger partial charge in [0.05, 0.1) is 16.9 Å². The summed E-state index contributed by atoms with van der Waals surface area (Å²) in [5, 5.41) is 5.74.